The highest BCUT2D eigenvalue weighted by molar-refractivity contribution is 7.89. The molecule has 0 atom stereocenters. The number of hydrogen-bond acceptors (Lipinski definition) is 3. The van der Waals surface area contributed by atoms with Crippen LogP contribution in [0, 0.1) is 0 Å². The Balaban J connectivity index is 2.16. The van der Waals surface area contributed by atoms with E-state index in [4.69, 9.17) is 0 Å². The van der Waals surface area contributed by atoms with E-state index in [-0.39, 0.29) is 0 Å². The molecule has 2 rings (SSSR count). The minimum atomic E-state index is -3.33. The van der Waals surface area contributed by atoms with Gasteiger partial charge in [-0.05, 0) is 36.6 Å². The van der Waals surface area contributed by atoms with Crippen molar-refractivity contribution >= 4 is 15.7 Å². The van der Waals surface area contributed by atoms with Crippen LogP contribution in [0.5, 0.6) is 0 Å². The zero-order chi connectivity index (χ0) is 12.3. The molecule has 1 aliphatic rings. The molecule has 0 saturated carbocycles. The van der Waals surface area contributed by atoms with Crippen molar-refractivity contribution in [1.29, 1.82) is 0 Å². The van der Waals surface area contributed by atoms with Crippen LogP contribution in [0.4, 0.5) is 5.69 Å². The molecule has 1 aromatic rings. The van der Waals surface area contributed by atoms with Crippen molar-refractivity contribution in [3.05, 3.63) is 23.8 Å². The Bertz CT molecular complexity index is 497. The number of sulfonamides is 1. The van der Waals surface area contributed by atoms with Crippen LogP contribution in [-0.4, -0.2) is 21.5 Å². The molecule has 0 saturated heterocycles. The monoisotopic (exact) mass is 254 g/mol. The molecule has 1 heterocycles. The summed E-state index contributed by atoms with van der Waals surface area (Å²) in [4.78, 5) is 0.371. The lowest BCUT2D eigenvalue weighted by Crippen LogP contribution is -2.24. The number of anilines is 1. The van der Waals surface area contributed by atoms with Crippen molar-refractivity contribution in [2.45, 2.75) is 31.1 Å². The largest absolute Gasteiger partial charge is 0.384 e. The van der Waals surface area contributed by atoms with E-state index in [1.807, 2.05) is 13.0 Å². The van der Waals surface area contributed by atoms with E-state index in [1.165, 1.54) is 0 Å². The van der Waals surface area contributed by atoms with Crippen LogP contribution in [-0.2, 0) is 16.4 Å². The third-order valence-corrected chi connectivity index (χ3v) is 4.38. The molecule has 0 aromatic heterocycles. The molecule has 2 N–H and O–H groups in total. The lowest BCUT2D eigenvalue weighted by atomic mass is 10.2. The molecule has 94 valence electrons. The Hall–Kier alpha value is -1.07. The number of unbranched alkanes of at least 4 members (excludes halogenated alkanes) is 1. The summed E-state index contributed by atoms with van der Waals surface area (Å²) in [7, 11) is -3.33. The van der Waals surface area contributed by atoms with Gasteiger partial charge in [-0.3, -0.25) is 0 Å². The highest BCUT2D eigenvalue weighted by atomic mass is 32.2. The van der Waals surface area contributed by atoms with E-state index in [9.17, 15) is 8.42 Å². The van der Waals surface area contributed by atoms with Crippen LogP contribution in [0.1, 0.15) is 25.3 Å². The summed E-state index contributed by atoms with van der Waals surface area (Å²) >= 11 is 0. The average Bonchev–Trinajstić information content (AvgIpc) is 2.76. The van der Waals surface area contributed by atoms with Crippen molar-refractivity contribution in [1.82, 2.24) is 4.72 Å². The molecule has 0 fully saturated rings. The first kappa shape index (κ1) is 12.4. The maximum absolute atomic E-state index is 12.0. The molecule has 1 aliphatic heterocycles. The first-order chi connectivity index (χ1) is 8.13. The van der Waals surface area contributed by atoms with E-state index >= 15 is 0 Å². The van der Waals surface area contributed by atoms with Crippen LogP contribution in [0.2, 0.25) is 0 Å². The Morgan fingerprint density at radius 2 is 2.24 bits per heavy atom. The molecule has 0 bridgehead atoms. The van der Waals surface area contributed by atoms with Gasteiger partial charge in [-0.15, -0.1) is 0 Å². The van der Waals surface area contributed by atoms with Crippen LogP contribution < -0.4 is 10.0 Å². The highest BCUT2D eigenvalue weighted by Crippen LogP contribution is 2.24. The quantitative estimate of drug-likeness (QED) is 0.787. The summed E-state index contributed by atoms with van der Waals surface area (Å²) in [5, 5.41) is 3.22. The number of benzene rings is 1. The van der Waals surface area contributed by atoms with Gasteiger partial charge in [0.25, 0.3) is 0 Å². The van der Waals surface area contributed by atoms with Gasteiger partial charge in [-0.2, -0.15) is 0 Å². The van der Waals surface area contributed by atoms with E-state index in [0.29, 0.717) is 11.4 Å². The molecular weight excluding hydrogens is 236 g/mol. The molecule has 0 amide bonds. The molecule has 0 radical (unpaired) electrons. The van der Waals surface area contributed by atoms with Gasteiger partial charge in [0.1, 0.15) is 0 Å². The second-order valence-corrected chi connectivity index (χ2v) is 6.01. The van der Waals surface area contributed by atoms with Gasteiger partial charge in [-0.25, -0.2) is 13.1 Å². The highest BCUT2D eigenvalue weighted by Gasteiger charge is 2.17. The smallest absolute Gasteiger partial charge is 0.240 e. The molecule has 5 heteroatoms. The van der Waals surface area contributed by atoms with Crippen molar-refractivity contribution in [3.63, 3.8) is 0 Å². The molecule has 0 spiro atoms. The first-order valence-corrected chi connectivity index (χ1v) is 7.48. The molecule has 0 unspecified atom stereocenters. The van der Waals surface area contributed by atoms with E-state index in [1.54, 1.807) is 12.1 Å². The van der Waals surface area contributed by atoms with E-state index in [2.05, 4.69) is 10.0 Å². The van der Waals surface area contributed by atoms with Crippen molar-refractivity contribution < 1.29 is 8.42 Å². The molecular formula is C12H18N2O2S. The normalized spacial score (nSPS) is 14.4. The SMILES string of the molecule is CCCCNS(=O)(=O)c1ccc2c(c1)CCN2. The molecule has 0 aliphatic carbocycles. The van der Waals surface area contributed by atoms with E-state index < -0.39 is 10.0 Å². The number of hydrogen-bond donors (Lipinski definition) is 2. The first-order valence-electron chi connectivity index (χ1n) is 6.00. The van der Waals surface area contributed by atoms with Crippen LogP contribution >= 0.6 is 0 Å². The van der Waals surface area contributed by atoms with Crippen LogP contribution in [0.25, 0.3) is 0 Å². The summed E-state index contributed by atoms with van der Waals surface area (Å²) in [6.45, 7) is 3.44. The molecule has 17 heavy (non-hydrogen) atoms. The van der Waals surface area contributed by atoms with Gasteiger partial charge in [-0.1, -0.05) is 13.3 Å². The summed E-state index contributed by atoms with van der Waals surface area (Å²) in [5.41, 5.74) is 2.14. The predicted molar refractivity (Wildman–Crippen MR) is 68.7 cm³/mol. The minimum Gasteiger partial charge on any atom is -0.384 e. The second-order valence-electron chi connectivity index (χ2n) is 4.25. The van der Waals surface area contributed by atoms with Crippen LogP contribution in [0.3, 0.4) is 0 Å². The lowest BCUT2D eigenvalue weighted by Gasteiger charge is -2.07. The summed E-state index contributed by atoms with van der Waals surface area (Å²) in [5.74, 6) is 0. The molecule has 4 nitrogen and oxygen atoms in total. The minimum absolute atomic E-state index is 0.371. The second kappa shape index (κ2) is 5.06. The number of nitrogens with one attached hydrogen (secondary N) is 2. The average molecular weight is 254 g/mol. The Morgan fingerprint density at radius 3 is 3.00 bits per heavy atom. The fourth-order valence-electron chi connectivity index (χ4n) is 1.92. The number of rotatable bonds is 5. The summed E-state index contributed by atoms with van der Waals surface area (Å²) in [6.07, 6.45) is 2.75. The molecule has 1 aromatic carbocycles. The lowest BCUT2D eigenvalue weighted by molar-refractivity contribution is 0.578. The van der Waals surface area contributed by atoms with Gasteiger partial charge in [0, 0.05) is 18.8 Å². The maximum Gasteiger partial charge on any atom is 0.240 e. The maximum atomic E-state index is 12.0. The standard InChI is InChI=1S/C12H18N2O2S/c1-2-3-7-14-17(15,16)11-4-5-12-10(9-11)6-8-13-12/h4-5,9,13-14H,2-3,6-8H2,1H3. The topological polar surface area (TPSA) is 58.2 Å². The number of fused-ring (bicyclic) bond motifs is 1. The third kappa shape index (κ3) is 2.79. The van der Waals surface area contributed by atoms with Gasteiger partial charge >= 0.3 is 0 Å². The fourth-order valence-corrected chi connectivity index (χ4v) is 3.04. The zero-order valence-corrected chi connectivity index (χ0v) is 10.8. The predicted octanol–water partition coefficient (Wildman–Crippen LogP) is 1.73. The Morgan fingerprint density at radius 1 is 1.41 bits per heavy atom. The van der Waals surface area contributed by atoms with E-state index in [0.717, 1.165) is 37.1 Å². The zero-order valence-electron chi connectivity index (χ0n) is 9.99. The third-order valence-electron chi connectivity index (χ3n) is 2.92. The Kier molecular flexibility index (Phi) is 3.69. The van der Waals surface area contributed by atoms with Crippen molar-refractivity contribution in [3.8, 4) is 0 Å². The Labute approximate surface area is 102 Å². The summed E-state index contributed by atoms with van der Waals surface area (Å²) in [6, 6.07) is 5.27. The van der Waals surface area contributed by atoms with Gasteiger partial charge in [0.05, 0.1) is 4.90 Å². The van der Waals surface area contributed by atoms with Crippen LogP contribution in [0.15, 0.2) is 23.1 Å². The van der Waals surface area contributed by atoms with Crippen molar-refractivity contribution in [2.75, 3.05) is 18.4 Å². The fraction of sp³-hybridized carbons (Fsp3) is 0.500. The van der Waals surface area contributed by atoms with Gasteiger partial charge in [0.15, 0.2) is 0 Å². The van der Waals surface area contributed by atoms with Gasteiger partial charge in [0.2, 0.25) is 10.0 Å². The van der Waals surface area contributed by atoms with Crippen molar-refractivity contribution in [2.24, 2.45) is 0 Å². The van der Waals surface area contributed by atoms with Gasteiger partial charge < -0.3 is 5.32 Å². The summed E-state index contributed by atoms with van der Waals surface area (Å²) < 4.78 is 26.6.